The lowest BCUT2D eigenvalue weighted by Gasteiger charge is -2.14. The fraction of sp³-hybridized carbons (Fsp3) is 0.125. The zero-order chi connectivity index (χ0) is 18.6. The third kappa shape index (κ3) is 5.10. The number of carbonyl (C=O) groups is 2. The maximum atomic E-state index is 12.8. The molecule has 0 aliphatic heterocycles. The van der Waals surface area contributed by atoms with Crippen LogP contribution in [0.25, 0.3) is 0 Å². The number of anilines is 1. The summed E-state index contributed by atoms with van der Waals surface area (Å²) < 4.78 is 40.4. The van der Waals surface area contributed by atoms with Crippen LogP contribution in [0.3, 0.4) is 0 Å². The summed E-state index contributed by atoms with van der Waals surface area (Å²) in [5.74, 6) is -1.96. The number of nitrogens with two attached hydrogens (primary N) is 1. The fourth-order valence-electron chi connectivity index (χ4n) is 1.86. The van der Waals surface area contributed by atoms with Crippen molar-refractivity contribution in [2.75, 3.05) is 5.32 Å². The Bertz CT molecular complexity index is 897. The lowest BCUT2D eigenvalue weighted by molar-refractivity contribution is -0.123. The number of hydrogen-bond donors (Lipinski definition) is 2. The molecule has 0 aliphatic carbocycles. The smallest absolute Gasteiger partial charge is 0.338 e. The number of halogens is 1. The highest BCUT2D eigenvalue weighted by molar-refractivity contribution is 7.89. The summed E-state index contributed by atoms with van der Waals surface area (Å²) >= 11 is 0. The van der Waals surface area contributed by atoms with E-state index in [0.717, 1.165) is 6.07 Å². The van der Waals surface area contributed by atoms with Crippen LogP contribution in [0, 0.1) is 5.82 Å². The molecule has 1 atom stereocenters. The van der Waals surface area contributed by atoms with Gasteiger partial charge in [-0.25, -0.2) is 22.7 Å². The number of primary sulfonamides is 1. The lowest BCUT2D eigenvalue weighted by atomic mass is 10.2. The van der Waals surface area contributed by atoms with Gasteiger partial charge in [0.2, 0.25) is 10.0 Å². The van der Waals surface area contributed by atoms with Crippen molar-refractivity contribution in [1.82, 2.24) is 0 Å². The summed E-state index contributed by atoms with van der Waals surface area (Å²) in [7, 11) is -3.97. The molecule has 0 spiro atoms. The summed E-state index contributed by atoms with van der Waals surface area (Å²) in [6, 6.07) is 10.0. The van der Waals surface area contributed by atoms with E-state index in [4.69, 9.17) is 9.88 Å². The third-order valence-electron chi connectivity index (χ3n) is 3.16. The average Bonchev–Trinajstić information content (AvgIpc) is 2.56. The molecule has 132 valence electrons. The van der Waals surface area contributed by atoms with Gasteiger partial charge < -0.3 is 10.1 Å². The average molecular weight is 366 g/mol. The van der Waals surface area contributed by atoms with E-state index in [2.05, 4.69) is 5.32 Å². The number of esters is 1. The molecule has 0 aromatic heterocycles. The van der Waals surface area contributed by atoms with Gasteiger partial charge in [-0.15, -0.1) is 0 Å². The quantitative estimate of drug-likeness (QED) is 0.781. The van der Waals surface area contributed by atoms with Gasteiger partial charge in [-0.1, -0.05) is 6.07 Å². The number of carbonyl (C=O) groups excluding carboxylic acids is 2. The van der Waals surface area contributed by atoms with Gasteiger partial charge in [0.1, 0.15) is 5.82 Å². The molecule has 7 nitrogen and oxygen atoms in total. The SMILES string of the molecule is C[C@@H](OC(=O)c1cccc(S(N)(=O)=O)c1)C(=O)Nc1ccc(F)cc1. The number of sulfonamides is 1. The van der Waals surface area contributed by atoms with Gasteiger partial charge >= 0.3 is 5.97 Å². The molecular formula is C16H15FN2O5S. The Morgan fingerprint density at radius 3 is 2.40 bits per heavy atom. The van der Waals surface area contributed by atoms with E-state index in [0.29, 0.717) is 5.69 Å². The van der Waals surface area contributed by atoms with Crippen LogP contribution in [0.4, 0.5) is 10.1 Å². The monoisotopic (exact) mass is 366 g/mol. The van der Waals surface area contributed by atoms with Gasteiger partial charge in [0, 0.05) is 5.69 Å². The summed E-state index contributed by atoms with van der Waals surface area (Å²) in [4.78, 5) is 23.8. The molecule has 25 heavy (non-hydrogen) atoms. The molecule has 1 amide bonds. The first-order valence-electron chi connectivity index (χ1n) is 7.07. The van der Waals surface area contributed by atoms with Gasteiger partial charge in [0.15, 0.2) is 6.10 Å². The number of hydrogen-bond acceptors (Lipinski definition) is 5. The van der Waals surface area contributed by atoms with Crippen molar-refractivity contribution in [3.05, 3.63) is 59.9 Å². The topological polar surface area (TPSA) is 116 Å². The lowest BCUT2D eigenvalue weighted by Crippen LogP contribution is -2.30. The second-order valence-electron chi connectivity index (χ2n) is 5.12. The van der Waals surface area contributed by atoms with Crippen LogP contribution >= 0.6 is 0 Å². The van der Waals surface area contributed by atoms with Crippen molar-refractivity contribution < 1.29 is 27.1 Å². The van der Waals surface area contributed by atoms with E-state index < -0.39 is 33.8 Å². The molecule has 0 saturated carbocycles. The van der Waals surface area contributed by atoms with Gasteiger partial charge in [0.05, 0.1) is 10.5 Å². The van der Waals surface area contributed by atoms with Crippen molar-refractivity contribution in [3.63, 3.8) is 0 Å². The van der Waals surface area contributed by atoms with Crippen LogP contribution < -0.4 is 10.5 Å². The second kappa shape index (κ2) is 7.41. The van der Waals surface area contributed by atoms with Crippen LogP contribution in [0.5, 0.6) is 0 Å². The van der Waals surface area contributed by atoms with Crippen molar-refractivity contribution in [1.29, 1.82) is 0 Å². The van der Waals surface area contributed by atoms with Crippen LogP contribution in [-0.4, -0.2) is 26.4 Å². The minimum atomic E-state index is -3.97. The van der Waals surface area contributed by atoms with Gasteiger partial charge in [-0.2, -0.15) is 0 Å². The first-order chi connectivity index (χ1) is 11.7. The number of nitrogens with one attached hydrogen (secondary N) is 1. The fourth-order valence-corrected chi connectivity index (χ4v) is 2.42. The molecule has 0 saturated heterocycles. The summed E-state index contributed by atoms with van der Waals surface area (Å²) in [5.41, 5.74) is 0.276. The van der Waals surface area contributed by atoms with E-state index in [-0.39, 0.29) is 10.5 Å². The van der Waals surface area contributed by atoms with Crippen molar-refractivity contribution in [3.8, 4) is 0 Å². The maximum Gasteiger partial charge on any atom is 0.338 e. The Hall–Kier alpha value is -2.78. The number of benzene rings is 2. The van der Waals surface area contributed by atoms with Gasteiger partial charge in [0.25, 0.3) is 5.91 Å². The van der Waals surface area contributed by atoms with Crippen LogP contribution in [0.2, 0.25) is 0 Å². The first-order valence-corrected chi connectivity index (χ1v) is 8.62. The predicted molar refractivity (Wildman–Crippen MR) is 87.7 cm³/mol. The Kier molecular flexibility index (Phi) is 5.50. The summed E-state index contributed by atoms with van der Waals surface area (Å²) in [6.07, 6.45) is -1.16. The highest BCUT2D eigenvalue weighted by atomic mass is 32.2. The molecule has 0 aliphatic rings. The first kappa shape index (κ1) is 18.6. The molecule has 2 rings (SSSR count). The van der Waals surface area contributed by atoms with Crippen molar-refractivity contribution in [2.45, 2.75) is 17.9 Å². The van der Waals surface area contributed by atoms with Crippen LogP contribution in [0.1, 0.15) is 17.3 Å². The van der Waals surface area contributed by atoms with E-state index in [1.165, 1.54) is 49.4 Å². The van der Waals surface area contributed by atoms with Crippen LogP contribution in [-0.2, 0) is 19.6 Å². The van der Waals surface area contributed by atoms with E-state index in [1.807, 2.05) is 0 Å². The number of rotatable bonds is 5. The normalized spacial score (nSPS) is 12.3. The second-order valence-corrected chi connectivity index (χ2v) is 6.68. The standard InChI is InChI=1S/C16H15FN2O5S/c1-10(15(20)19-13-7-5-12(17)6-8-13)24-16(21)11-3-2-4-14(9-11)25(18,22)23/h2-10H,1H3,(H,19,20)(H2,18,22,23)/t10-/m1/s1. The zero-order valence-corrected chi connectivity index (χ0v) is 13.9. The van der Waals surface area contributed by atoms with Gasteiger partial charge in [-0.05, 0) is 49.4 Å². The largest absolute Gasteiger partial charge is 0.449 e. The number of amides is 1. The minimum absolute atomic E-state index is 0.0621. The molecule has 0 unspecified atom stereocenters. The third-order valence-corrected chi connectivity index (χ3v) is 4.07. The summed E-state index contributed by atoms with van der Waals surface area (Å²) in [6.45, 7) is 1.35. The van der Waals surface area contributed by atoms with Crippen molar-refractivity contribution in [2.24, 2.45) is 5.14 Å². The van der Waals surface area contributed by atoms with Crippen molar-refractivity contribution >= 4 is 27.6 Å². The molecule has 9 heteroatoms. The molecule has 0 bridgehead atoms. The maximum absolute atomic E-state index is 12.8. The molecule has 3 N–H and O–H groups in total. The molecular weight excluding hydrogens is 351 g/mol. The Morgan fingerprint density at radius 2 is 1.80 bits per heavy atom. The van der Waals surface area contributed by atoms with E-state index in [9.17, 15) is 22.4 Å². The molecule has 0 radical (unpaired) electrons. The molecule has 0 fully saturated rings. The van der Waals surface area contributed by atoms with Crippen LogP contribution in [0.15, 0.2) is 53.4 Å². The highest BCUT2D eigenvalue weighted by Crippen LogP contribution is 2.13. The molecule has 2 aromatic rings. The van der Waals surface area contributed by atoms with E-state index >= 15 is 0 Å². The number of ether oxygens (including phenoxy) is 1. The highest BCUT2D eigenvalue weighted by Gasteiger charge is 2.20. The van der Waals surface area contributed by atoms with Gasteiger partial charge in [-0.3, -0.25) is 4.79 Å². The molecule has 2 aromatic carbocycles. The Morgan fingerprint density at radius 1 is 1.16 bits per heavy atom. The minimum Gasteiger partial charge on any atom is -0.449 e. The Labute approximate surface area is 143 Å². The summed E-state index contributed by atoms with van der Waals surface area (Å²) in [5, 5.41) is 7.46. The zero-order valence-electron chi connectivity index (χ0n) is 13.1. The Balaban J connectivity index is 2.04. The predicted octanol–water partition coefficient (Wildman–Crippen LogP) is 1.66. The molecule has 0 heterocycles. The van der Waals surface area contributed by atoms with E-state index in [1.54, 1.807) is 0 Å².